The average molecular weight is 375 g/mol. The van der Waals surface area contributed by atoms with Crippen molar-refractivity contribution in [3.05, 3.63) is 11.6 Å². The van der Waals surface area contributed by atoms with Gasteiger partial charge in [0.05, 0.1) is 0 Å². The highest BCUT2D eigenvalue weighted by Crippen LogP contribution is 2.67. The Hall–Kier alpha value is -1.16. The van der Waals surface area contributed by atoms with Gasteiger partial charge in [-0.3, -0.25) is 9.59 Å². The van der Waals surface area contributed by atoms with Gasteiger partial charge in [-0.05, 0) is 75.0 Å². The van der Waals surface area contributed by atoms with Crippen LogP contribution in [0.5, 0.6) is 0 Å². The molecule has 0 unspecified atom stereocenters. The minimum absolute atomic E-state index is 0.0292. The predicted molar refractivity (Wildman–Crippen MR) is 103 cm³/mol. The van der Waals surface area contributed by atoms with E-state index >= 15 is 0 Å². The molecule has 0 heterocycles. The molecule has 0 spiro atoms. The van der Waals surface area contributed by atoms with Crippen LogP contribution < -0.4 is 0 Å². The summed E-state index contributed by atoms with van der Waals surface area (Å²) in [6.07, 6.45) is 9.96. The third kappa shape index (κ3) is 2.58. The topological polar surface area (TPSA) is 63.6 Å². The molecule has 4 rings (SSSR count). The van der Waals surface area contributed by atoms with E-state index in [1.165, 1.54) is 12.5 Å². The van der Waals surface area contributed by atoms with E-state index in [0.29, 0.717) is 24.2 Å². The lowest BCUT2D eigenvalue weighted by Crippen LogP contribution is -2.57. The number of carbonyl (C=O) groups is 2. The number of ketones is 1. The summed E-state index contributed by atoms with van der Waals surface area (Å²) >= 11 is 0. The summed E-state index contributed by atoms with van der Waals surface area (Å²) in [5.41, 5.74) is 0.235. The van der Waals surface area contributed by atoms with Gasteiger partial charge in [-0.25, -0.2) is 0 Å². The fourth-order valence-corrected chi connectivity index (χ4v) is 7.56. The first-order valence-electron chi connectivity index (χ1n) is 10.7. The molecule has 4 heteroatoms. The molecule has 0 aromatic heterocycles. The quantitative estimate of drug-likeness (QED) is 0.581. The van der Waals surface area contributed by atoms with Crippen LogP contribution in [0.2, 0.25) is 0 Å². The smallest absolute Gasteiger partial charge is 0.302 e. The van der Waals surface area contributed by atoms with Crippen molar-refractivity contribution in [3.8, 4) is 0 Å². The molecule has 0 bridgehead atoms. The highest BCUT2D eigenvalue weighted by Gasteiger charge is 2.65. The fraction of sp³-hybridized carbons (Fsp3) is 0.826. The van der Waals surface area contributed by atoms with Gasteiger partial charge in [0.1, 0.15) is 11.7 Å². The van der Waals surface area contributed by atoms with Crippen molar-refractivity contribution in [2.75, 3.05) is 0 Å². The van der Waals surface area contributed by atoms with Gasteiger partial charge < -0.3 is 9.84 Å². The van der Waals surface area contributed by atoms with E-state index in [1.807, 2.05) is 0 Å². The van der Waals surface area contributed by atoms with E-state index in [1.54, 1.807) is 6.92 Å². The molecule has 0 aromatic rings. The number of fused-ring (bicyclic) bond motifs is 5. The maximum atomic E-state index is 12.3. The molecule has 27 heavy (non-hydrogen) atoms. The van der Waals surface area contributed by atoms with Gasteiger partial charge in [0.15, 0.2) is 5.78 Å². The lowest BCUT2D eigenvalue weighted by Gasteiger charge is -2.58. The Labute approximate surface area is 162 Å². The second-order valence-electron chi connectivity index (χ2n) is 10.1. The van der Waals surface area contributed by atoms with Crippen molar-refractivity contribution in [1.29, 1.82) is 0 Å². The predicted octanol–water partition coefficient (Wildman–Crippen LogP) is 4.20. The molecule has 0 aliphatic heterocycles. The molecule has 4 aliphatic rings. The number of carbonyl (C=O) groups excluding carboxylic acids is 2. The van der Waals surface area contributed by atoms with Crippen LogP contribution in [-0.2, 0) is 14.3 Å². The highest BCUT2D eigenvalue weighted by molar-refractivity contribution is 5.86. The van der Waals surface area contributed by atoms with Crippen LogP contribution in [0.1, 0.15) is 79.1 Å². The zero-order valence-corrected chi connectivity index (χ0v) is 17.2. The van der Waals surface area contributed by atoms with E-state index in [-0.39, 0.29) is 28.7 Å². The van der Waals surface area contributed by atoms with E-state index in [4.69, 9.17) is 4.74 Å². The Bertz CT molecular complexity index is 696. The summed E-state index contributed by atoms with van der Waals surface area (Å²) in [6, 6.07) is 0. The molecule has 4 nitrogen and oxygen atoms in total. The normalized spacial score (nSPS) is 48.7. The van der Waals surface area contributed by atoms with Gasteiger partial charge in [-0.1, -0.05) is 25.5 Å². The van der Waals surface area contributed by atoms with Crippen molar-refractivity contribution in [3.63, 3.8) is 0 Å². The summed E-state index contributed by atoms with van der Waals surface area (Å²) in [7, 11) is 0. The van der Waals surface area contributed by atoms with Crippen molar-refractivity contribution in [1.82, 2.24) is 0 Å². The van der Waals surface area contributed by atoms with Crippen LogP contribution in [-0.4, -0.2) is 28.6 Å². The number of Topliss-reactive ketones (excluding diaryl/α,β-unsaturated/α-hetero) is 1. The molecule has 0 saturated heterocycles. The summed E-state index contributed by atoms with van der Waals surface area (Å²) in [6.45, 7) is 7.64. The van der Waals surface area contributed by atoms with E-state index in [2.05, 4.69) is 19.9 Å². The Kier molecular flexibility index (Phi) is 4.38. The monoisotopic (exact) mass is 374 g/mol. The standard InChI is InChI=1S/C23H34O4/c1-14(24)23(26)12-9-20-18-6-5-16-13-17(27-15(2)25)7-10-21(16,3)19(18)8-11-22(20,23)4/h5,17-20,26H,6-13H2,1-4H3/t17-,18-,19+,20-,21-,22+,23+/m1/s1. The van der Waals surface area contributed by atoms with Gasteiger partial charge in [-0.2, -0.15) is 0 Å². The molecule has 0 aromatic carbocycles. The lowest BCUT2D eigenvalue weighted by molar-refractivity contribution is -0.160. The van der Waals surface area contributed by atoms with Crippen LogP contribution in [0, 0.1) is 28.6 Å². The maximum absolute atomic E-state index is 12.3. The first-order chi connectivity index (χ1) is 12.6. The van der Waals surface area contributed by atoms with Crippen molar-refractivity contribution in [2.45, 2.75) is 90.8 Å². The largest absolute Gasteiger partial charge is 0.462 e. The molecule has 0 radical (unpaired) electrons. The molecular formula is C23H34O4. The average Bonchev–Trinajstić information content (AvgIpc) is 2.87. The molecule has 3 saturated carbocycles. The van der Waals surface area contributed by atoms with Gasteiger partial charge in [0.2, 0.25) is 0 Å². The third-order valence-corrected chi connectivity index (χ3v) is 9.13. The molecule has 7 atom stereocenters. The molecular weight excluding hydrogens is 340 g/mol. The number of rotatable bonds is 2. The van der Waals surface area contributed by atoms with E-state index in [0.717, 1.165) is 44.9 Å². The Morgan fingerprint density at radius 3 is 2.44 bits per heavy atom. The fourth-order valence-electron chi connectivity index (χ4n) is 7.56. The van der Waals surface area contributed by atoms with Gasteiger partial charge in [0, 0.05) is 18.8 Å². The van der Waals surface area contributed by atoms with Gasteiger partial charge >= 0.3 is 5.97 Å². The Morgan fingerprint density at radius 2 is 1.78 bits per heavy atom. The van der Waals surface area contributed by atoms with Crippen LogP contribution >= 0.6 is 0 Å². The number of hydrogen-bond acceptors (Lipinski definition) is 4. The van der Waals surface area contributed by atoms with Gasteiger partial charge in [0.25, 0.3) is 0 Å². The van der Waals surface area contributed by atoms with Crippen LogP contribution in [0.25, 0.3) is 0 Å². The molecule has 4 aliphatic carbocycles. The maximum Gasteiger partial charge on any atom is 0.302 e. The molecule has 150 valence electrons. The Morgan fingerprint density at radius 1 is 1.07 bits per heavy atom. The van der Waals surface area contributed by atoms with Crippen LogP contribution in [0.3, 0.4) is 0 Å². The minimum Gasteiger partial charge on any atom is -0.462 e. The summed E-state index contributed by atoms with van der Waals surface area (Å²) in [5.74, 6) is 1.36. The highest BCUT2D eigenvalue weighted by atomic mass is 16.5. The van der Waals surface area contributed by atoms with Gasteiger partial charge in [-0.15, -0.1) is 0 Å². The number of allylic oxidation sites excluding steroid dienone is 1. The van der Waals surface area contributed by atoms with Crippen LogP contribution in [0.15, 0.2) is 11.6 Å². The van der Waals surface area contributed by atoms with Crippen molar-refractivity contribution in [2.24, 2.45) is 28.6 Å². The molecule has 3 fully saturated rings. The zero-order valence-electron chi connectivity index (χ0n) is 17.2. The minimum atomic E-state index is -1.14. The van der Waals surface area contributed by atoms with E-state index in [9.17, 15) is 14.7 Å². The zero-order chi connectivity index (χ0) is 19.6. The number of ether oxygens (including phenoxy) is 1. The Balaban J connectivity index is 1.61. The first kappa shape index (κ1) is 19.2. The van der Waals surface area contributed by atoms with E-state index < -0.39 is 5.60 Å². The summed E-state index contributed by atoms with van der Waals surface area (Å²) < 4.78 is 5.51. The first-order valence-corrected chi connectivity index (χ1v) is 10.7. The second kappa shape index (κ2) is 6.17. The van der Waals surface area contributed by atoms with Crippen molar-refractivity contribution >= 4 is 11.8 Å². The third-order valence-electron chi connectivity index (χ3n) is 9.13. The number of esters is 1. The van der Waals surface area contributed by atoms with Crippen molar-refractivity contribution < 1.29 is 19.4 Å². The molecule has 1 N–H and O–H groups in total. The summed E-state index contributed by atoms with van der Waals surface area (Å²) in [4.78, 5) is 23.7. The number of hydrogen-bond donors (Lipinski definition) is 1. The van der Waals surface area contributed by atoms with Crippen LogP contribution in [0.4, 0.5) is 0 Å². The molecule has 0 amide bonds. The number of aliphatic hydroxyl groups is 1. The summed E-state index contributed by atoms with van der Waals surface area (Å²) in [5, 5.41) is 11.2. The second-order valence-corrected chi connectivity index (χ2v) is 10.1. The SMILES string of the molecule is CC(=O)O[C@@H]1CC[C@]2(C)C(=CC[C@H]3[C@H]4CC[C@](O)(C(C)=O)[C@@]4(C)CC[C@@H]32)C1. The lowest BCUT2D eigenvalue weighted by atomic mass is 9.47.